The molecule has 1 aromatic carbocycles. The molecule has 0 spiro atoms. The van der Waals surface area contributed by atoms with Crippen LogP contribution in [0.15, 0.2) is 18.2 Å². The van der Waals surface area contributed by atoms with Gasteiger partial charge in [-0.1, -0.05) is 6.07 Å². The van der Waals surface area contributed by atoms with Crippen molar-refractivity contribution in [2.45, 2.75) is 25.4 Å². The molecule has 0 unspecified atom stereocenters. The molecule has 0 heterocycles. The lowest BCUT2D eigenvalue weighted by molar-refractivity contribution is -0.132. The van der Waals surface area contributed by atoms with E-state index in [1.807, 2.05) is 32.3 Å². The molecule has 110 valence electrons. The topological polar surface area (TPSA) is 50.8 Å². The van der Waals surface area contributed by atoms with E-state index in [-0.39, 0.29) is 12.5 Å². The number of hydrogen-bond acceptors (Lipinski definition) is 4. The van der Waals surface area contributed by atoms with E-state index < -0.39 is 0 Å². The highest BCUT2D eigenvalue weighted by Gasteiger charge is 2.29. The number of rotatable bonds is 7. The monoisotopic (exact) mass is 278 g/mol. The smallest absolute Gasteiger partial charge is 0.260 e. The van der Waals surface area contributed by atoms with E-state index in [0.717, 1.165) is 24.9 Å². The Bertz CT molecular complexity index is 472. The van der Waals surface area contributed by atoms with E-state index >= 15 is 0 Å². The van der Waals surface area contributed by atoms with Gasteiger partial charge < -0.3 is 19.7 Å². The highest BCUT2D eigenvalue weighted by molar-refractivity contribution is 5.78. The molecule has 0 bridgehead atoms. The summed E-state index contributed by atoms with van der Waals surface area (Å²) in [5.74, 6) is 1.26. The summed E-state index contributed by atoms with van der Waals surface area (Å²) >= 11 is 0. The molecule has 2 rings (SSSR count). The van der Waals surface area contributed by atoms with Gasteiger partial charge in [-0.15, -0.1) is 0 Å². The van der Waals surface area contributed by atoms with Crippen molar-refractivity contribution in [2.75, 3.05) is 27.8 Å². The molecule has 5 heteroatoms. The molecule has 1 aliphatic carbocycles. The first-order valence-corrected chi connectivity index (χ1v) is 6.85. The summed E-state index contributed by atoms with van der Waals surface area (Å²) in [5, 5.41) is 3.08. The normalized spacial score (nSPS) is 13.9. The third kappa shape index (κ3) is 3.63. The summed E-state index contributed by atoms with van der Waals surface area (Å²) in [5.41, 5.74) is 1.11. The lowest BCUT2D eigenvalue weighted by Gasteiger charge is -2.17. The van der Waals surface area contributed by atoms with Crippen LogP contribution < -0.4 is 14.8 Å². The van der Waals surface area contributed by atoms with Gasteiger partial charge in [-0.2, -0.15) is 0 Å². The molecule has 1 aliphatic rings. The summed E-state index contributed by atoms with van der Waals surface area (Å²) in [4.78, 5) is 13.7. The predicted octanol–water partition coefficient (Wildman–Crippen LogP) is 1.41. The summed E-state index contributed by atoms with van der Waals surface area (Å²) in [6.07, 6.45) is 2.20. The number of methoxy groups -OCH3 is 1. The fourth-order valence-electron chi connectivity index (χ4n) is 2.05. The van der Waals surface area contributed by atoms with Crippen molar-refractivity contribution in [3.63, 3.8) is 0 Å². The molecule has 0 atom stereocenters. The molecule has 5 nitrogen and oxygen atoms in total. The zero-order chi connectivity index (χ0) is 14.5. The van der Waals surface area contributed by atoms with Crippen LogP contribution >= 0.6 is 0 Å². The van der Waals surface area contributed by atoms with Gasteiger partial charge >= 0.3 is 0 Å². The van der Waals surface area contributed by atoms with Crippen LogP contribution in [0.2, 0.25) is 0 Å². The fraction of sp³-hybridized carbons (Fsp3) is 0.533. The first kappa shape index (κ1) is 14.7. The minimum atomic E-state index is 0.00820. The van der Waals surface area contributed by atoms with Crippen LogP contribution in [0.5, 0.6) is 11.5 Å². The number of nitrogens with zero attached hydrogens (tertiary/aromatic N) is 1. The molecule has 1 aromatic rings. The molecule has 0 saturated heterocycles. The quantitative estimate of drug-likeness (QED) is 0.819. The van der Waals surface area contributed by atoms with Crippen LogP contribution in [0.3, 0.4) is 0 Å². The Kier molecular flexibility index (Phi) is 4.84. The van der Waals surface area contributed by atoms with Crippen molar-refractivity contribution < 1.29 is 14.3 Å². The van der Waals surface area contributed by atoms with E-state index in [2.05, 4.69) is 5.32 Å². The molecule has 0 aromatic heterocycles. The second kappa shape index (κ2) is 6.61. The van der Waals surface area contributed by atoms with Gasteiger partial charge in [-0.3, -0.25) is 4.79 Å². The van der Waals surface area contributed by atoms with Crippen LogP contribution in [-0.2, 0) is 11.3 Å². The van der Waals surface area contributed by atoms with Gasteiger partial charge in [0.25, 0.3) is 5.91 Å². The number of benzene rings is 1. The third-order valence-electron chi connectivity index (χ3n) is 3.45. The Hall–Kier alpha value is -1.75. The molecule has 0 aliphatic heterocycles. The molecule has 1 fully saturated rings. The highest BCUT2D eigenvalue weighted by atomic mass is 16.5. The maximum absolute atomic E-state index is 11.9. The first-order valence-electron chi connectivity index (χ1n) is 6.85. The van der Waals surface area contributed by atoms with Crippen molar-refractivity contribution >= 4 is 5.91 Å². The van der Waals surface area contributed by atoms with E-state index in [0.29, 0.717) is 17.5 Å². The largest absolute Gasteiger partial charge is 0.493 e. The van der Waals surface area contributed by atoms with Crippen molar-refractivity contribution in [3.8, 4) is 11.5 Å². The number of nitrogens with one attached hydrogen (secondary N) is 1. The van der Waals surface area contributed by atoms with Gasteiger partial charge in [0.2, 0.25) is 0 Å². The van der Waals surface area contributed by atoms with Crippen molar-refractivity contribution in [3.05, 3.63) is 23.8 Å². The average Bonchev–Trinajstić information content (AvgIpc) is 3.29. The van der Waals surface area contributed by atoms with Crippen LogP contribution in [0.4, 0.5) is 0 Å². The molecular weight excluding hydrogens is 256 g/mol. The Morgan fingerprint density at radius 3 is 2.75 bits per heavy atom. The third-order valence-corrected chi connectivity index (χ3v) is 3.45. The van der Waals surface area contributed by atoms with Crippen LogP contribution in [0.1, 0.15) is 18.4 Å². The SMILES string of the molecule is CNCc1ccc(OCC(=O)N(C)C2CC2)c(OC)c1. The van der Waals surface area contributed by atoms with E-state index in [1.54, 1.807) is 12.0 Å². The van der Waals surface area contributed by atoms with E-state index in [4.69, 9.17) is 9.47 Å². The van der Waals surface area contributed by atoms with Crippen LogP contribution in [0, 0.1) is 0 Å². The zero-order valence-corrected chi connectivity index (χ0v) is 12.3. The molecule has 1 N–H and O–H groups in total. The molecule has 1 amide bonds. The number of likely N-dealkylation sites (N-methyl/N-ethyl adjacent to an activating group) is 1. The van der Waals surface area contributed by atoms with Crippen LogP contribution in [0.25, 0.3) is 0 Å². The van der Waals surface area contributed by atoms with Crippen molar-refractivity contribution in [2.24, 2.45) is 0 Å². The summed E-state index contributed by atoms with van der Waals surface area (Å²) in [7, 11) is 5.32. The maximum Gasteiger partial charge on any atom is 0.260 e. The predicted molar refractivity (Wildman–Crippen MR) is 77.0 cm³/mol. The molecule has 1 saturated carbocycles. The van der Waals surface area contributed by atoms with E-state index in [1.165, 1.54) is 0 Å². The zero-order valence-electron chi connectivity index (χ0n) is 12.3. The van der Waals surface area contributed by atoms with Crippen molar-refractivity contribution in [1.29, 1.82) is 0 Å². The lowest BCUT2D eigenvalue weighted by Crippen LogP contribution is -2.33. The minimum absolute atomic E-state index is 0.00820. The first-order chi connectivity index (χ1) is 9.65. The second-order valence-corrected chi connectivity index (χ2v) is 5.04. The van der Waals surface area contributed by atoms with Gasteiger partial charge in [-0.05, 0) is 37.6 Å². The molecule has 20 heavy (non-hydrogen) atoms. The number of hydrogen-bond donors (Lipinski definition) is 1. The summed E-state index contributed by atoms with van der Waals surface area (Å²) in [6, 6.07) is 6.13. The molecule has 0 radical (unpaired) electrons. The lowest BCUT2D eigenvalue weighted by atomic mass is 10.2. The van der Waals surface area contributed by atoms with Gasteiger partial charge in [0.05, 0.1) is 7.11 Å². The Labute approximate surface area is 119 Å². The Morgan fingerprint density at radius 1 is 1.40 bits per heavy atom. The van der Waals surface area contributed by atoms with Gasteiger partial charge in [-0.25, -0.2) is 0 Å². The summed E-state index contributed by atoms with van der Waals surface area (Å²) in [6.45, 7) is 0.814. The molecular formula is C15H22N2O3. The number of ether oxygens (including phenoxy) is 2. The number of amides is 1. The maximum atomic E-state index is 11.9. The van der Waals surface area contributed by atoms with E-state index in [9.17, 15) is 4.79 Å². The Balaban J connectivity index is 1.95. The van der Waals surface area contributed by atoms with Gasteiger partial charge in [0.1, 0.15) is 0 Å². The number of carbonyl (C=O) groups excluding carboxylic acids is 1. The standard InChI is InChI=1S/C15H22N2O3/c1-16-9-11-4-7-13(14(8-11)19-3)20-10-15(18)17(2)12-5-6-12/h4,7-8,12,16H,5-6,9-10H2,1-3H3. The second-order valence-electron chi connectivity index (χ2n) is 5.04. The highest BCUT2D eigenvalue weighted by Crippen LogP contribution is 2.29. The van der Waals surface area contributed by atoms with Gasteiger partial charge in [0, 0.05) is 19.6 Å². The van der Waals surface area contributed by atoms with Gasteiger partial charge in [0.15, 0.2) is 18.1 Å². The summed E-state index contributed by atoms with van der Waals surface area (Å²) < 4.78 is 10.9. The number of carbonyl (C=O) groups is 1. The average molecular weight is 278 g/mol. The van der Waals surface area contributed by atoms with Crippen LogP contribution in [-0.4, -0.2) is 44.7 Å². The Morgan fingerprint density at radius 2 is 2.15 bits per heavy atom. The fourth-order valence-corrected chi connectivity index (χ4v) is 2.05. The van der Waals surface area contributed by atoms with Crippen molar-refractivity contribution in [1.82, 2.24) is 10.2 Å². The minimum Gasteiger partial charge on any atom is -0.493 e.